The highest BCUT2D eigenvalue weighted by Gasteiger charge is 2.11. The highest BCUT2D eigenvalue weighted by atomic mass is 32.1. The van der Waals surface area contributed by atoms with Crippen LogP contribution >= 0.6 is 11.3 Å². The number of allylic oxidation sites excluding steroid dienone is 1. The number of aromatic nitrogens is 2. The average Bonchev–Trinajstić information content (AvgIpc) is 3.34. The van der Waals surface area contributed by atoms with Gasteiger partial charge in [-0.3, -0.25) is 9.78 Å². The van der Waals surface area contributed by atoms with E-state index in [9.17, 15) is 4.79 Å². The van der Waals surface area contributed by atoms with E-state index in [1.807, 2.05) is 60.0 Å². The third-order valence-electron chi connectivity index (χ3n) is 4.51. The maximum absolute atomic E-state index is 11.9. The van der Waals surface area contributed by atoms with Crippen molar-refractivity contribution in [1.82, 2.24) is 9.97 Å². The lowest BCUT2D eigenvalue weighted by Crippen LogP contribution is -1.95. The molecule has 30 heavy (non-hydrogen) atoms. The van der Waals surface area contributed by atoms with Gasteiger partial charge in [-0.05, 0) is 59.0 Å². The molecular weight excluding hydrogens is 394 g/mol. The number of methoxy groups -OCH3 is 1. The Morgan fingerprint density at radius 1 is 1.10 bits per heavy atom. The minimum Gasteiger partial charge on any atom is -0.496 e. The average molecular weight is 414 g/mol. The number of thiophene rings is 1. The van der Waals surface area contributed by atoms with Crippen molar-refractivity contribution >= 4 is 40.8 Å². The summed E-state index contributed by atoms with van der Waals surface area (Å²) in [4.78, 5) is 21.3. The van der Waals surface area contributed by atoms with E-state index in [2.05, 4.69) is 21.4 Å². The minimum atomic E-state index is 0.555. The van der Waals surface area contributed by atoms with Crippen LogP contribution in [-0.2, 0) is 4.79 Å². The van der Waals surface area contributed by atoms with Crippen LogP contribution in [0.4, 0.5) is 11.5 Å². The monoisotopic (exact) mass is 413 g/mol. The lowest BCUT2D eigenvalue weighted by molar-refractivity contribution is -0.103. The van der Waals surface area contributed by atoms with Crippen LogP contribution in [0.1, 0.15) is 11.1 Å². The largest absolute Gasteiger partial charge is 0.496 e. The summed E-state index contributed by atoms with van der Waals surface area (Å²) < 4.78 is 5.50. The number of ether oxygens (including phenoxy) is 1. The maximum atomic E-state index is 11.9. The molecule has 6 heteroatoms. The molecule has 0 radical (unpaired) electrons. The topological polar surface area (TPSA) is 64.1 Å². The molecule has 0 aliphatic carbocycles. The zero-order chi connectivity index (χ0) is 20.8. The first-order chi connectivity index (χ1) is 14.8. The van der Waals surface area contributed by atoms with Crippen molar-refractivity contribution in [2.75, 3.05) is 12.4 Å². The van der Waals surface area contributed by atoms with Crippen molar-refractivity contribution in [2.45, 2.75) is 0 Å². The molecule has 5 nitrogen and oxygen atoms in total. The van der Waals surface area contributed by atoms with E-state index >= 15 is 0 Å². The highest BCUT2D eigenvalue weighted by Crippen LogP contribution is 2.33. The van der Waals surface area contributed by atoms with Crippen LogP contribution in [0.5, 0.6) is 5.75 Å². The Morgan fingerprint density at radius 2 is 1.97 bits per heavy atom. The molecule has 0 atom stereocenters. The van der Waals surface area contributed by atoms with Crippen molar-refractivity contribution in [3.8, 4) is 16.2 Å². The van der Waals surface area contributed by atoms with E-state index in [0.717, 1.165) is 33.5 Å². The van der Waals surface area contributed by atoms with Crippen LogP contribution in [0.2, 0.25) is 0 Å². The maximum Gasteiger partial charge on any atom is 0.150 e. The normalized spacial score (nSPS) is 11.2. The number of aldehydes is 1. The molecule has 0 aliphatic rings. The lowest BCUT2D eigenvalue weighted by atomic mass is 9.99. The van der Waals surface area contributed by atoms with Crippen LogP contribution in [-0.4, -0.2) is 23.4 Å². The Balaban J connectivity index is 1.63. The minimum absolute atomic E-state index is 0.555. The highest BCUT2D eigenvalue weighted by molar-refractivity contribution is 7.13. The molecule has 0 aliphatic heterocycles. The first-order valence-corrected chi connectivity index (χ1v) is 10.2. The standard InChI is InChI=1S/C24H19N3O2S/c1-29-22-9-6-18(23-3-2-12-30-23)14-21(22)19(16-28)13-17-4-7-20(8-5-17)27-24-15-25-10-11-26-24/h2-16H,1H3,(H,26,27). The summed E-state index contributed by atoms with van der Waals surface area (Å²) in [7, 11) is 1.61. The molecule has 1 N–H and O–H groups in total. The molecule has 2 aromatic carbocycles. The van der Waals surface area contributed by atoms with Gasteiger partial charge < -0.3 is 10.1 Å². The summed E-state index contributed by atoms with van der Waals surface area (Å²) in [5.41, 5.74) is 4.17. The van der Waals surface area contributed by atoms with Crippen molar-refractivity contribution in [1.29, 1.82) is 0 Å². The van der Waals surface area contributed by atoms with E-state index in [1.54, 1.807) is 37.0 Å². The molecule has 0 amide bonds. The smallest absolute Gasteiger partial charge is 0.150 e. The number of rotatable bonds is 7. The third kappa shape index (κ3) is 4.45. The zero-order valence-corrected chi connectivity index (χ0v) is 17.1. The van der Waals surface area contributed by atoms with Crippen LogP contribution in [0.3, 0.4) is 0 Å². The van der Waals surface area contributed by atoms with Crippen LogP contribution in [0, 0.1) is 0 Å². The molecule has 0 bridgehead atoms. The van der Waals surface area contributed by atoms with E-state index < -0.39 is 0 Å². The van der Waals surface area contributed by atoms with Gasteiger partial charge in [0.15, 0.2) is 6.29 Å². The summed E-state index contributed by atoms with van der Waals surface area (Å²) in [6, 6.07) is 17.7. The number of hydrogen-bond acceptors (Lipinski definition) is 6. The van der Waals surface area contributed by atoms with Gasteiger partial charge in [-0.15, -0.1) is 11.3 Å². The molecule has 0 unspecified atom stereocenters. The summed E-state index contributed by atoms with van der Waals surface area (Å²) in [5, 5.41) is 5.22. The van der Waals surface area contributed by atoms with E-state index in [1.165, 1.54) is 0 Å². The third-order valence-corrected chi connectivity index (χ3v) is 5.43. The van der Waals surface area contributed by atoms with Gasteiger partial charge >= 0.3 is 0 Å². The fourth-order valence-corrected chi connectivity index (χ4v) is 3.78. The van der Waals surface area contributed by atoms with E-state index in [0.29, 0.717) is 17.1 Å². The Morgan fingerprint density at radius 3 is 2.63 bits per heavy atom. The van der Waals surface area contributed by atoms with E-state index in [-0.39, 0.29) is 0 Å². The second-order valence-corrected chi connectivity index (χ2v) is 7.40. The SMILES string of the molecule is COc1ccc(-c2cccs2)cc1C(C=O)=Cc1ccc(Nc2cnccn2)cc1. The second-order valence-electron chi connectivity index (χ2n) is 6.45. The number of carbonyl (C=O) groups excluding carboxylic acids is 1. The molecule has 4 rings (SSSR count). The first-order valence-electron chi connectivity index (χ1n) is 9.29. The molecule has 2 heterocycles. The number of benzene rings is 2. The number of anilines is 2. The zero-order valence-electron chi connectivity index (χ0n) is 16.3. The van der Waals surface area contributed by atoms with Crippen LogP contribution in [0.15, 0.2) is 78.6 Å². The van der Waals surface area contributed by atoms with Crippen molar-refractivity contribution in [3.05, 3.63) is 89.7 Å². The Labute approximate surface area is 178 Å². The van der Waals surface area contributed by atoms with Gasteiger partial charge in [-0.2, -0.15) is 0 Å². The predicted octanol–water partition coefficient (Wildman–Crippen LogP) is 5.70. The number of hydrogen-bond donors (Lipinski definition) is 1. The van der Waals surface area contributed by atoms with Crippen molar-refractivity contribution in [3.63, 3.8) is 0 Å². The van der Waals surface area contributed by atoms with Gasteiger partial charge in [0.05, 0.1) is 13.3 Å². The van der Waals surface area contributed by atoms with Gasteiger partial charge in [0.25, 0.3) is 0 Å². The summed E-state index contributed by atoms with van der Waals surface area (Å²) >= 11 is 1.66. The molecule has 148 valence electrons. The van der Waals surface area contributed by atoms with Gasteiger partial charge in [0, 0.05) is 34.1 Å². The van der Waals surface area contributed by atoms with Crippen molar-refractivity contribution in [2.24, 2.45) is 0 Å². The molecule has 0 spiro atoms. The molecular formula is C24H19N3O2S. The van der Waals surface area contributed by atoms with Gasteiger partial charge in [-0.1, -0.05) is 18.2 Å². The number of carbonyl (C=O) groups is 1. The van der Waals surface area contributed by atoms with Crippen molar-refractivity contribution < 1.29 is 9.53 Å². The molecule has 4 aromatic rings. The second kappa shape index (κ2) is 9.15. The first kappa shape index (κ1) is 19.5. The quantitative estimate of drug-likeness (QED) is 0.239. The molecule has 0 saturated heterocycles. The Kier molecular flexibility index (Phi) is 5.96. The summed E-state index contributed by atoms with van der Waals surface area (Å²) in [5.74, 6) is 1.33. The Hall–Kier alpha value is -3.77. The lowest BCUT2D eigenvalue weighted by Gasteiger charge is -2.11. The van der Waals surface area contributed by atoms with Crippen LogP contribution < -0.4 is 10.1 Å². The fourth-order valence-electron chi connectivity index (χ4n) is 3.06. The van der Waals surface area contributed by atoms with E-state index in [4.69, 9.17) is 4.74 Å². The summed E-state index contributed by atoms with van der Waals surface area (Å²) in [6.45, 7) is 0. The number of nitrogens with one attached hydrogen (secondary N) is 1. The molecule has 0 saturated carbocycles. The molecule has 0 fully saturated rings. The van der Waals surface area contributed by atoms with Gasteiger partial charge in [0.1, 0.15) is 11.6 Å². The number of nitrogens with zero attached hydrogens (tertiary/aromatic N) is 2. The van der Waals surface area contributed by atoms with Gasteiger partial charge in [-0.25, -0.2) is 4.98 Å². The fraction of sp³-hybridized carbons (Fsp3) is 0.0417. The molecule has 2 aromatic heterocycles. The predicted molar refractivity (Wildman–Crippen MR) is 122 cm³/mol. The summed E-state index contributed by atoms with van der Waals surface area (Å²) in [6.07, 6.45) is 7.64. The van der Waals surface area contributed by atoms with Crippen LogP contribution in [0.25, 0.3) is 22.1 Å². The van der Waals surface area contributed by atoms with Gasteiger partial charge in [0.2, 0.25) is 0 Å². The Bertz CT molecular complexity index is 1160.